The zero-order valence-corrected chi connectivity index (χ0v) is 11.2. The van der Waals surface area contributed by atoms with Crippen LogP contribution >= 0.6 is 0 Å². The van der Waals surface area contributed by atoms with E-state index < -0.39 is 0 Å². The predicted molar refractivity (Wildman–Crippen MR) is 71.8 cm³/mol. The molecule has 94 valence electrons. The summed E-state index contributed by atoms with van der Waals surface area (Å²) < 4.78 is 5.56. The third-order valence-electron chi connectivity index (χ3n) is 4.16. The number of aryl methyl sites for hydroxylation is 1. The fraction of sp³-hybridized carbons (Fsp3) is 0.600. The molecular formula is C15H23NO. The number of hydrogen-bond acceptors (Lipinski definition) is 2. The Morgan fingerprint density at radius 3 is 2.59 bits per heavy atom. The van der Waals surface area contributed by atoms with Crippen molar-refractivity contribution >= 4 is 0 Å². The highest BCUT2D eigenvalue weighted by atomic mass is 16.5. The normalized spacial score (nSPS) is 19.0. The molecule has 1 N–H and O–H groups in total. The molecule has 1 saturated heterocycles. The van der Waals surface area contributed by atoms with E-state index in [0.717, 1.165) is 18.8 Å². The Kier molecular flexibility index (Phi) is 3.72. The minimum atomic E-state index is 0.308. The number of benzene rings is 1. The van der Waals surface area contributed by atoms with Gasteiger partial charge >= 0.3 is 0 Å². The summed E-state index contributed by atoms with van der Waals surface area (Å²) >= 11 is 0. The number of ether oxygens (including phenoxy) is 1. The average molecular weight is 233 g/mol. The van der Waals surface area contributed by atoms with Crippen LogP contribution in [0.1, 0.15) is 37.3 Å². The van der Waals surface area contributed by atoms with Gasteiger partial charge in [-0.3, -0.25) is 0 Å². The average Bonchev–Trinajstić information content (AvgIpc) is 2.39. The van der Waals surface area contributed by atoms with E-state index in [1.165, 1.54) is 30.4 Å². The van der Waals surface area contributed by atoms with Gasteiger partial charge in [-0.2, -0.15) is 0 Å². The number of hydrogen-bond donors (Lipinski definition) is 1. The molecule has 1 fully saturated rings. The van der Waals surface area contributed by atoms with Crippen molar-refractivity contribution in [3.8, 4) is 5.75 Å². The number of nitrogens with one attached hydrogen (secondary N) is 1. The van der Waals surface area contributed by atoms with Gasteiger partial charge in [-0.05, 0) is 45.3 Å². The van der Waals surface area contributed by atoms with Gasteiger partial charge in [0.05, 0.1) is 7.11 Å². The van der Waals surface area contributed by atoms with Crippen molar-refractivity contribution in [2.45, 2.75) is 38.5 Å². The molecule has 0 aliphatic carbocycles. The molecular weight excluding hydrogens is 210 g/mol. The molecule has 1 aliphatic heterocycles. The van der Waals surface area contributed by atoms with Crippen LogP contribution in [0.3, 0.4) is 0 Å². The maximum atomic E-state index is 5.56. The highest BCUT2D eigenvalue weighted by Gasteiger charge is 2.34. The third-order valence-corrected chi connectivity index (χ3v) is 4.16. The summed E-state index contributed by atoms with van der Waals surface area (Å²) in [5.41, 5.74) is 3.04. The molecule has 2 heteroatoms. The second-order valence-corrected chi connectivity index (χ2v) is 5.09. The molecule has 0 atom stereocenters. The van der Waals surface area contributed by atoms with Crippen molar-refractivity contribution in [2.75, 3.05) is 20.2 Å². The van der Waals surface area contributed by atoms with Crippen molar-refractivity contribution in [2.24, 2.45) is 0 Å². The van der Waals surface area contributed by atoms with E-state index in [4.69, 9.17) is 4.74 Å². The minimum Gasteiger partial charge on any atom is -0.496 e. The zero-order chi connectivity index (χ0) is 12.3. The van der Waals surface area contributed by atoms with E-state index in [1.54, 1.807) is 7.11 Å². The van der Waals surface area contributed by atoms with Crippen LogP contribution in [-0.2, 0) is 5.41 Å². The lowest BCUT2D eigenvalue weighted by atomic mass is 9.70. The number of methoxy groups -OCH3 is 1. The predicted octanol–water partition coefficient (Wildman–Crippen LogP) is 3.03. The van der Waals surface area contributed by atoms with E-state index in [9.17, 15) is 0 Å². The van der Waals surface area contributed by atoms with Gasteiger partial charge in [-0.25, -0.2) is 0 Å². The van der Waals surface area contributed by atoms with Crippen LogP contribution in [-0.4, -0.2) is 20.2 Å². The van der Waals surface area contributed by atoms with Gasteiger partial charge in [0.15, 0.2) is 0 Å². The van der Waals surface area contributed by atoms with Gasteiger partial charge in [-0.1, -0.05) is 24.6 Å². The first-order valence-corrected chi connectivity index (χ1v) is 6.58. The summed E-state index contributed by atoms with van der Waals surface area (Å²) in [6.45, 7) is 6.69. The highest BCUT2D eigenvalue weighted by molar-refractivity contribution is 5.42. The largest absolute Gasteiger partial charge is 0.496 e. The Balaban J connectivity index is 2.44. The first kappa shape index (κ1) is 12.4. The molecule has 1 aromatic rings. The van der Waals surface area contributed by atoms with Gasteiger partial charge in [-0.15, -0.1) is 0 Å². The summed E-state index contributed by atoms with van der Waals surface area (Å²) in [6.07, 6.45) is 3.61. The quantitative estimate of drug-likeness (QED) is 0.866. The summed E-state index contributed by atoms with van der Waals surface area (Å²) in [4.78, 5) is 0. The molecule has 1 aromatic carbocycles. The smallest absolute Gasteiger partial charge is 0.122 e. The Morgan fingerprint density at radius 1 is 1.29 bits per heavy atom. The molecule has 1 heterocycles. The molecule has 2 rings (SSSR count). The van der Waals surface area contributed by atoms with Gasteiger partial charge < -0.3 is 10.1 Å². The number of piperidine rings is 1. The molecule has 2 nitrogen and oxygen atoms in total. The lowest BCUT2D eigenvalue weighted by Crippen LogP contribution is -2.39. The van der Waals surface area contributed by atoms with Crippen LogP contribution in [0, 0.1) is 6.92 Å². The molecule has 0 saturated carbocycles. The van der Waals surface area contributed by atoms with Gasteiger partial charge in [0.25, 0.3) is 0 Å². The minimum absolute atomic E-state index is 0.308. The van der Waals surface area contributed by atoms with Crippen molar-refractivity contribution in [1.82, 2.24) is 5.32 Å². The Bertz CT molecular complexity index is 381. The van der Waals surface area contributed by atoms with Crippen molar-refractivity contribution in [3.05, 3.63) is 29.3 Å². The van der Waals surface area contributed by atoms with E-state index in [1.807, 2.05) is 0 Å². The number of rotatable bonds is 3. The van der Waals surface area contributed by atoms with E-state index in [0.29, 0.717) is 5.41 Å². The molecule has 17 heavy (non-hydrogen) atoms. The summed E-state index contributed by atoms with van der Waals surface area (Å²) in [5, 5.41) is 3.45. The highest BCUT2D eigenvalue weighted by Crippen LogP contribution is 2.41. The fourth-order valence-electron chi connectivity index (χ4n) is 2.95. The summed E-state index contributed by atoms with van der Waals surface area (Å²) in [7, 11) is 1.78. The second kappa shape index (κ2) is 5.09. The van der Waals surface area contributed by atoms with Crippen LogP contribution in [0.25, 0.3) is 0 Å². The standard InChI is InChI=1S/C15H23NO/c1-4-15(7-9-16-10-8-15)13-11-12(2)5-6-14(13)17-3/h5-6,11,16H,4,7-10H2,1-3H3. The van der Waals surface area contributed by atoms with Gasteiger partial charge in [0.1, 0.15) is 5.75 Å². The maximum Gasteiger partial charge on any atom is 0.122 e. The molecule has 1 aliphatic rings. The van der Waals surface area contributed by atoms with E-state index in [2.05, 4.69) is 37.4 Å². The summed E-state index contributed by atoms with van der Waals surface area (Å²) in [5.74, 6) is 1.05. The van der Waals surface area contributed by atoms with Crippen molar-refractivity contribution < 1.29 is 4.74 Å². The topological polar surface area (TPSA) is 21.3 Å². The molecule has 0 aromatic heterocycles. The van der Waals surface area contributed by atoms with Crippen LogP contribution in [0.15, 0.2) is 18.2 Å². The Morgan fingerprint density at radius 2 is 2.00 bits per heavy atom. The van der Waals surface area contributed by atoms with E-state index >= 15 is 0 Å². The van der Waals surface area contributed by atoms with Crippen molar-refractivity contribution in [3.63, 3.8) is 0 Å². The van der Waals surface area contributed by atoms with Gasteiger partial charge in [0, 0.05) is 11.0 Å². The molecule has 0 radical (unpaired) electrons. The molecule has 0 spiro atoms. The Labute approximate surface area is 104 Å². The van der Waals surface area contributed by atoms with Crippen LogP contribution < -0.4 is 10.1 Å². The maximum absolute atomic E-state index is 5.56. The van der Waals surface area contributed by atoms with Crippen molar-refractivity contribution in [1.29, 1.82) is 0 Å². The van der Waals surface area contributed by atoms with E-state index in [-0.39, 0.29) is 0 Å². The summed E-state index contributed by atoms with van der Waals surface area (Å²) in [6, 6.07) is 6.56. The third kappa shape index (κ3) is 2.32. The second-order valence-electron chi connectivity index (χ2n) is 5.09. The zero-order valence-electron chi connectivity index (χ0n) is 11.2. The first-order chi connectivity index (χ1) is 8.22. The molecule has 0 unspecified atom stereocenters. The Hall–Kier alpha value is -1.02. The van der Waals surface area contributed by atoms with Crippen LogP contribution in [0.4, 0.5) is 0 Å². The molecule has 0 amide bonds. The first-order valence-electron chi connectivity index (χ1n) is 6.58. The van der Waals surface area contributed by atoms with Crippen LogP contribution in [0.2, 0.25) is 0 Å². The lowest BCUT2D eigenvalue weighted by Gasteiger charge is -2.38. The van der Waals surface area contributed by atoms with Crippen LogP contribution in [0.5, 0.6) is 5.75 Å². The SMILES string of the molecule is CCC1(c2cc(C)ccc2OC)CCNCC1. The fourth-order valence-corrected chi connectivity index (χ4v) is 2.95. The van der Waals surface area contributed by atoms with Gasteiger partial charge in [0.2, 0.25) is 0 Å². The monoisotopic (exact) mass is 233 g/mol. The lowest BCUT2D eigenvalue weighted by molar-refractivity contribution is 0.284. The molecule has 0 bridgehead atoms.